The molecule has 14 heavy (non-hydrogen) atoms. The van der Waals surface area contributed by atoms with Crippen molar-refractivity contribution in [3.05, 3.63) is 35.9 Å². The van der Waals surface area contributed by atoms with Crippen molar-refractivity contribution < 1.29 is 9.59 Å². The summed E-state index contributed by atoms with van der Waals surface area (Å²) in [5.74, 6) is -0.735. The molecular weight excluding hydrogens is 180 g/mol. The summed E-state index contributed by atoms with van der Waals surface area (Å²) in [6.07, 6.45) is 0.272. The molecule has 0 unspecified atom stereocenters. The van der Waals surface area contributed by atoms with Crippen molar-refractivity contribution in [2.45, 2.75) is 6.42 Å². The van der Waals surface area contributed by atoms with Gasteiger partial charge in [0.2, 0.25) is 11.8 Å². The molecule has 0 aromatic heterocycles. The van der Waals surface area contributed by atoms with Gasteiger partial charge in [0, 0.05) is 0 Å². The third-order valence-electron chi connectivity index (χ3n) is 1.67. The van der Waals surface area contributed by atoms with E-state index in [4.69, 9.17) is 5.73 Å². The first-order valence-electron chi connectivity index (χ1n) is 4.27. The number of benzene rings is 1. The van der Waals surface area contributed by atoms with Gasteiger partial charge in [-0.3, -0.25) is 9.59 Å². The summed E-state index contributed by atoms with van der Waals surface area (Å²) in [6.45, 7) is -0.105. The standard InChI is InChI=1S/C10H12N2O2/c11-9(13)7-12-10(14)6-8-4-2-1-3-5-8/h1-5H,6-7H2,(H2,11,13)(H,12,14). The van der Waals surface area contributed by atoms with E-state index < -0.39 is 5.91 Å². The van der Waals surface area contributed by atoms with Crippen LogP contribution in [0.1, 0.15) is 5.56 Å². The lowest BCUT2D eigenvalue weighted by atomic mass is 10.1. The van der Waals surface area contributed by atoms with Crippen molar-refractivity contribution in [3.63, 3.8) is 0 Å². The number of rotatable bonds is 4. The summed E-state index contributed by atoms with van der Waals surface area (Å²) in [5.41, 5.74) is 5.79. The molecule has 4 heteroatoms. The van der Waals surface area contributed by atoms with Gasteiger partial charge in [-0.15, -0.1) is 0 Å². The van der Waals surface area contributed by atoms with E-state index in [0.29, 0.717) is 0 Å². The van der Waals surface area contributed by atoms with Crippen LogP contribution in [-0.2, 0) is 16.0 Å². The third kappa shape index (κ3) is 3.71. The van der Waals surface area contributed by atoms with Crippen molar-refractivity contribution in [1.82, 2.24) is 5.32 Å². The van der Waals surface area contributed by atoms with Crippen LogP contribution in [0.4, 0.5) is 0 Å². The molecule has 0 radical (unpaired) electrons. The minimum Gasteiger partial charge on any atom is -0.368 e. The molecule has 0 heterocycles. The Kier molecular flexibility index (Phi) is 3.67. The predicted molar refractivity (Wildman–Crippen MR) is 52.4 cm³/mol. The van der Waals surface area contributed by atoms with Crippen LogP contribution < -0.4 is 11.1 Å². The normalized spacial score (nSPS) is 9.43. The Hall–Kier alpha value is -1.84. The topological polar surface area (TPSA) is 72.2 Å². The molecular formula is C10H12N2O2. The second kappa shape index (κ2) is 5.01. The van der Waals surface area contributed by atoms with Crippen LogP contribution in [0.15, 0.2) is 30.3 Å². The smallest absolute Gasteiger partial charge is 0.236 e. The summed E-state index contributed by atoms with van der Waals surface area (Å²) in [6, 6.07) is 9.30. The Morgan fingerprint density at radius 1 is 1.21 bits per heavy atom. The molecule has 74 valence electrons. The highest BCUT2D eigenvalue weighted by Crippen LogP contribution is 1.98. The Morgan fingerprint density at radius 3 is 2.43 bits per heavy atom. The fourth-order valence-electron chi connectivity index (χ4n) is 1.03. The van der Waals surface area contributed by atoms with Gasteiger partial charge in [0.1, 0.15) is 0 Å². The van der Waals surface area contributed by atoms with E-state index >= 15 is 0 Å². The summed E-state index contributed by atoms with van der Waals surface area (Å²) in [7, 11) is 0. The highest BCUT2D eigenvalue weighted by Gasteiger charge is 2.03. The van der Waals surface area contributed by atoms with Crippen LogP contribution in [-0.4, -0.2) is 18.4 Å². The van der Waals surface area contributed by atoms with Crippen molar-refractivity contribution in [1.29, 1.82) is 0 Å². The van der Waals surface area contributed by atoms with Gasteiger partial charge < -0.3 is 11.1 Å². The average Bonchev–Trinajstić information content (AvgIpc) is 2.16. The van der Waals surface area contributed by atoms with E-state index in [1.807, 2.05) is 30.3 Å². The van der Waals surface area contributed by atoms with Gasteiger partial charge in [0.25, 0.3) is 0 Å². The Bertz CT molecular complexity index is 322. The lowest BCUT2D eigenvalue weighted by Gasteiger charge is -2.02. The molecule has 3 N–H and O–H groups in total. The molecule has 0 aliphatic rings. The zero-order chi connectivity index (χ0) is 10.4. The molecule has 0 fully saturated rings. The minimum absolute atomic E-state index is 0.105. The van der Waals surface area contributed by atoms with Crippen LogP contribution in [0.2, 0.25) is 0 Å². The Labute approximate surface area is 82.1 Å². The largest absolute Gasteiger partial charge is 0.368 e. The van der Waals surface area contributed by atoms with Gasteiger partial charge in [-0.1, -0.05) is 30.3 Å². The summed E-state index contributed by atoms with van der Waals surface area (Å²) >= 11 is 0. The molecule has 4 nitrogen and oxygen atoms in total. The molecule has 2 amide bonds. The highest BCUT2D eigenvalue weighted by molar-refractivity contribution is 5.84. The highest BCUT2D eigenvalue weighted by atomic mass is 16.2. The number of carbonyl (C=O) groups excluding carboxylic acids is 2. The second-order valence-corrected chi connectivity index (χ2v) is 2.91. The van der Waals surface area contributed by atoms with E-state index in [2.05, 4.69) is 5.32 Å². The number of amides is 2. The quantitative estimate of drug-likeness (QED) is 0.695. The summed E-state index contributed by atoms with van der Waals surface area (Å²) in [5, 5.41) is 2.42. The molecule has 0 bridgehead atoms. The molecule has 0 spiro atoms. The molecule has 0 saturated heterocycles. The van der Waals surface area contributed by atoms with Crippen molar-refractivity contribution in [2.75, 3.05) is 6.54 Å². The molecule has 1 rings (SSSR count). The maximum absolute atomic E-state index is 11.2. The van der Waals surface area contributed by atoms with Gasteiger partial charge in [-0.2, -0.15) is 0 Å². The lowest BCUT2D eigenvalue weighted by Crippen LogP contribution is -2.34. The first kappa shape index (κ1) is 10.2. The minimum atomic E-state index is -0.536. The van der Waals surface area contributed by atoms with Crippen LogP contribution in [0.25, 0.3) is 0 Å². The predicted octanol–water partition coefficient (Wildman–Crippen LogP) is -0.169. The SMILES string of the molecule is NC(=O)CNC(=O)Cc1ccccc1. The fraction of sp³-hybridized carbons (Fsp3) is 0.200. The number of primary amides is 1. The first-order chi connectivity index (χ1) is 6.68. The molecule has 0 saturated carbocycles. The zero-order valence-electron chi connectivity index (χ0n) is 7.69. The maximum atomic E-state index is 11.2. The summed E-state index contributed by atoms with van der Waals surface area (Å²) < 4.78 is 0. The number of hydrogen-bond donors (Lipinski definition) is 2. The molecule has 1 aromatic carbocycles. The first-order valence-corrected chi connectivity index (χ1v) is 4.27. The van der Waals surface area contributed by atoms with Crippen molar-refractivity contribution in [3.8, 4) is 0 Å². The van der Waals surface area contributed by atoms with Crippen LogP contribution in [0.3, 0.4) is 0 Å². The van der Waals surface area contributed by atoms with Gasteiger partial charge in [-0.05, 0) is 5.56 Å². The Morgan fingerprint density at radius 2 is 1.86 bits per heavy atom. The maximum Gasteiger partial charge on any atom is 0.236 e. The number of nitrogens with one attached hydrogen (secondary N) is 1. The van der Waals surface area contributed by atoms with E-state index in [-0.39, 0.29) is 18.9 Å². The van der Waals surface area contributed by atoms with Crippen molar-refractivity contribution >= 4 is 11.8 Å². The van der Waals surface area contributed by atoms with Gasteiger partial charge in [-0.25, -0.2) is 0 Å². The molecule has 0 atom stereocenters. The van der Waals surface area contributed by atoms with E-state index in [0.717, 1.165) is 5.56 Å². The molecule has 1 aromatic rings. The number of hydrogen-bond acceptors (Lipinski definition) is 2. The van der Waals surface area contributed by atoms with Crippen LogP contribution in [0, 0.1) is 0 Å². The number of nitrogens with two attached hydrogens (primary N) is 1. The monoisotopic (exact) mass is 192 g/mol. The van der Waals surface area contributed by atoms with Gasteiger partial charge in [0.15, 0.2) is 0 Å². The average molecular weight is 192 g/mol. The summed E-state index contributed by atoms with van der Waals surface area (Å²) in [4.78, 5) is 21.6. The van der Waals surface area contributed by atoms with Gasteiger partial charge >= 0.3 is 0 Å². The second-order valence-electron chi connectivity index (χ2n) is 2.91. The zero-order valence-corrected chi connectivity index (χ0v) is 7.69. The lowest BCUT2D eigenvalue weighted by molar-refractivity contribution is -0.124. The molecule has 0 aliphatic heterocycles. The van der Waals surface area contributed by atoms with Crippen molar-refractivity contribution in [2.24, 2.45) is 5.73 Å². The Balaban J connectivity index is 2.38. The van der Waals surface area contributed by atoms with Crippen LogP contribution >= 0.6 is 0 Å². The molecule has 0 aliphatic carbocycles. The van der Waals surface area contributed by atoms with E-state index in [1.54, 1.807) is 0 Å². The van der Waals surface area contributed by atoms with E-state index in [9.17, 15) is 9.59 Å². The fourth-order valence-corrected chi connectivity index (χ4v) is 1.03. The third-order valence-corrected chi connectivity index (χ3v) is 1.67. The van der Waals surface area contributed by atoms with Gasteiger partial charge in [0.05, 0.1) is 13.0 Å². The van der Waals surface area contributed by atoms with Crippen LogP contribution in [0.5, 0.6) is 0 Å². The van der Waals surface area contributed by atoms with E-state index in [1.165, 1.54) is 0 Å². The number of carbonyl (C=O) groups is 2.